The third-order valence-corrected chi connectivity index (χ3v) is 4.61. The third kappa shape index (κ3) is 9.42. The molecule has 27 heavy (non-hydrogen) atoms. The molecule has 0 saturated carbocycles. The summed E-state index contributed by atoms with van der Waals surface area (Å²) >= 11 is 0. The number of carbonyl (C=O) groups is 2. The van der Waals surface area contributed by atoms with Crippen molar-refractivity contribution in [3.05, 3.63) is 24.3 Å². The maximum Gasteiger partial charge on any atom is 0.238 e. The summed E-state index contributed by atoms with van der Waals surface area (Å²) in [6.45, 7) is 4.61. The van der Waals surface area contributed by atoms with E-state index in [0.29, 0.717) is 24.8 Å². The first-order chi connectivity index (χ1) is 11.9. The van der Waals surface area contributed by atoms with E-state index in [1.165, 1.54) is 0 Å². The van der Waals surface area contributed by atoms with E-state index < -0.39 is 0 Å². The van der Waals surface area contributed by atoms with Crippen molar-refractivity contribution in [1.29, 1.82) is 0 Å². The predicted molar refractivity (Wildman–Crippen MR) is 116 cm³/mol. The van der Waals surface area contributed by atoms with Gasteiger partial charge in [0.1, 0.15) is 0 Å². The number of nitrogens with zero attached hydrogens (tertiary/aromatic N) is 1. The Kier molecular flexibility index (Phi) is 12.3. The van der Waals surface area contributed by atoms with Crippen LogP contribution in [0.25, 0.3) is 0 Å². The zero-order valence-electron chi connectivity index (χ0n) is 16.3. The van der Waals surface area contributed by atoms with Crippen LogP contribution in [0.1, 0.15) is 26.2 Å². The summed E-state index contributed by atoms with van der Waals surface area (Å²) in [6.07, 6.45) is 2.84. The van der Waals surface area contributed by atoms with Gasteiger partial charge in [0.05, 0.1) is 6.54 Å². The van der Waals surface area contributed by atoms with Gasteiger partial charge in [-0.1, -0.05) is 6.92 Å². The van der Waals surface area contributed by atoms with E-state index in [4.69, 9.17) is 0 Å². The molecule has 2 amide bonds. The molecule has 1 aromatic rings. The van der Waals surface area contributed by atoms with Gasteiger partial charge in [0.15, 0.2) is 0 Å². The molecule has 0 radical (unpaired) electrons. The Morgan fingerprint density at radius 3 is 2.00 bits per heavy atom. The molecule has 1 heterocycles. The zero-order chi connectivity index (χ0) is 18.2. The summed E-state index contributed by atoms with van der Waals surface area (Å²) < 4.78 is 0. The van der Waals surface area contributed by atoms with E-state index in [1.54, 1.807) is 12.1 Å². The molecule has 0 bridgehead atoms. The molecule has 154 valence electrons. The van der Waals surface area contributed by atoms with Crippen LogP contribution in [-0.4, -0.2) is 50.4 Å². The summed E-state index contributed by atoms with van der Waals surface area (Å²) in [4.78, 5) is 25.8. The van der Waals surface area contributed by atoms with Gasteiger partial charge in [-0.05, 0) is 76.1 Å². The molecule has 1 saturated heterocycles. The Balaban J connectivity index is 0.00000338. The lowest BCUT2D eigenvalue weighted by molar-refractivity contribution is -0.118. The third-order valence-electron chi connectivity index (χ3n) is 4.61. The quantitative estimate of drug-likeness (QED) is 0.636. The van der Waals surface area contributed by atoms with Gasteiger partial charge in [-0.3, -0.25) is 9.59 Å². The fourth-order valence-corrected chi connectivity index (χ4v) is 3.21. The lowest BCUT2D eigenvalue weighted by Gasteiger charge is -2.27. The molecule has 8 heteroatoms. The molecule has 1 fully saturated rings. The van der Waals surface area contributed by atoms with Gasteiger partial charge < -0.3 is 20.9 Å². The van der Waals surface area contributed by atoms with Crippen molar-refractivity contribution in [3.63, 3.8) is 0 Å². The first kappa shape index (κ1) is 25.7. The van der Waals surface area contributed by atoms with Crippen molar-refractivity contribution in [2.24, 2.45) is 11.8 Å². The van der Waals surface area contributed by atoms with Gasteiger partial charge in [-0.2, -0.15) is 0 Å². The van der Waals surface area contributed by atoms with E-state index in [2.05, 4.69) is 22.9 Å². The number of piperidine rings is 1. The molecule has 0 spiro atoms. The van der Waals surface area contributed by atoms with E-state index in [1.807, 2.05) is 31.1 Å². The van der Waals surface area contributed by atoms with Crippen molar-refractivity contribution in [3.8, 4) is 0 Å². The van der Waals surface area contributed by atoms with Crippen LogP contribution in [0.15, 0.2) is 24.3 Å². The van der Waals surface area contributed by atoms with Crippen LogP contribution >= 0.6 is 24.8 Å². The van der Waals surface area contributed by atoms with Gasteiger partial charge in [-0.25, -0.2) is 0 Å². The van der Waals surface area contributed by atoms with Crippen molar-refractivity contribution in [2.45, 2.75) is 26.2 Å². The second kappa shape index (κ2) is 12.9. The van der Waals surface area contributed by atoms with Crippen LogP contribution in [-0.2, 0) is 9.59 Å². The van der Waals surface area contributed by atoms with Gasteiger partial charge in [0, 0.05) is 17.8 Å². The molecule has 1 atom stereocenters. The van der Waals surface area contributed by atoms with E-state index in [0.717, 1.165) is 37.3 Å². The number of rotatable bonds is 7. The van der Waals surface area contributed by atoms with E-state index >= 15 is 0 Å². The van der Waals surface area contributed by atoms with Crippen LogP contribution in [0.2, 0.25) is 0 Å². The highest BCUT2D eigenvalue weighted by Gasteiger charge is 2.22. The van der Waals surface area contributed by atoms with Crippen LogP contribution in [0.4, 0.5) is 11.4 Å². The number of nitrogens with one attached hydrogen (secondary N) is 3. The minimum atomic E-state index is -0.0578. The average molecular weight is 419 g/mol. The first-order valence-corrected chi connectivity index (χ1v) is 8.99. The van der Waals surface area contributed by atoms with Crippen molar-refractivity contribution >= 4 is 48.0 Å². The number of benzene rings is 1. The summed E-state index contributed by atoms with van der Waals surface area (Å²) in [5.74, 6) is 1.01. The molecular formula is C19H32Cl2N4O2. The molecule has 1 unspecified atom stereocenters. The van der Waals surface area contributed by atoms with Crippen LogP contribution in [0, 0.1) is 11.8 Å². The average Bonchev–Trinajstić information content (AvgIpc) is 2.56. The van der Waals surface area contributed by atoms with Crippen LogP contribution in [0.5, 0.6) is 0 Å². The van der Waals surface area contributed by atoms with Crippen molar-refractivity contribution in [2.75, 3.05) is 44.4 Å². The number of halogens is 2. The second-order valence-corrected chi connectivity index (χ2v) is 7.18. The number of likely N-dealkylation sites (N-methyl/N-ethyl adjacent to an activating group) is 1. The minimum absolute atomic E-state index is 0. The summed E-state index contributed by atoms with van der Waals surface area (Å²) in [5.41, 5.74) is 1.49. The topological polar surface area (TPSA) is 73.5 Å². The highest BCUT2D eigenvalue weighted by molar-refractivity contribution is 5.93. The Morgan fingerprint density at radius 1 is 1.04 bits per heavy atom. The molecule has 3 N–H and O–H groups in total. The Labute approximate surface area is 174 Å². The van der Waals surface area contributed by atoms with Gasteiger partial charge in [0.25, 0.3) is 0 Å². The summed E-state index contributed by atoms with van der Waals surface area (Å²) in [5, 5.41) is 9.14. The number of amides is 2. The molecule has 0 aliphatic carbocycles. The van der Waals surface area contributed by atoms with Gasteiger partial charge in [-0.15, -0.1) is 24.8 Å². The number of hydrogen-bond donors (Lipinski definition) is 3. The minimum Gasteiger partial charge on any atom is -0.326 e. The predicted octanol–water partition coefficient (Wildman–Crippen LogP) is 2.99. The highest BCUT2D eigenvalue weighted by atomic mass is 35.5. The standard InChI is InChI=1S/C19H30N4O2.2ClH/c1-14(15-8-10-20-11-9-15)12-18(24)21-16-4-6-17(7-5-16)22-19(25)13-23(2)3;;/h4-7,14-15,20H,8-13H2,1-3H3,(H,21,24)(H,22,25);2*1H. The number of carbonyl (C=O) groups excluding carboxylic acids is 2. The van der Waals surface area contributed by atoms with Gasteiger partial charge >= 0.3 is 0 Å². The van der Waals surface area contributed by atoms with Crippen LogP contribution < -0.4 is 16.0 Å². The highest BCUT2D eigenvalue weighted by Crippen LogP contribution is 2.24. The normalized spacial score (nSPS) is 15.3. The molecule has 6 nitrogen and oxygen atoms in total. The summed E-state index contributed by atoms with van der Waals surface area (Å²) in [7, 11) is 3.70. The molecule has 2 rings (SSSR count). The molecule has 1 aromatic carbocycles. The lowest BCUT2D eigenvalue weighted by Crippen LogP contribution is -2.32. The Hall–Kier alpha value is -1.34. The second-order valence-electron chi connectivity index (χ2n) is 7.18. The van der Waals surface area contributed by atoms with E-state index in [9.17, 15) is 9.59 Å². The smallest absolute Gasteiger partial charge is 0.238 e. The molecule has 1 aliphatic heterocycles. The molecule has 0 aromatic heterocycles. The summed E-state index contributed by atoms with van der Waals surface area (Å²) in [6, 6.07) is 7.25. The van der Waals surface area contributed by atoms with Crippen LogP contribution in [0.3, 0.4) is 0 Å². The lowest BCUT2D eigenvalue weighted by atomic mass is 9.84. The van der Waals surface area contributed by atoms with E-state index in [-0.39, 0.29) is 36.6 Å². The zero-order valence-corrected chi connectivity index (χ0v) is 17.9. The Bertz CT molecular complexity index is 576. The fourth-order valence-electron chi connectivity index (χ4n) is 3.21. The number of hydrogen-bond acceptors (Lipinski definition) is 4. The largest absolute Gasteiger partial charge is 0.326 e. The fraction of sp³-hybridized carbons (Fsp3) is 0.579. The number of anilines is 2. The molecular weight excluding hydrogens is 387 g/mol. The Morgan fingerprint density at radius 2 is 1.52 bits per heavy atom. The maximum absolute atomic E-state index is 12.2. The monoisotopic (exact) mass is 418 g/mol. The first-order valence-electron chi connectivity index (χ1n) is 8.99. The SMILES string of the molecule is CC(CC(=O)Nc1ccc(NC(=O)CN(C)C)cc1)C1CCNCC1.Cl.Cl. The molecule has 1 aliphatic rings. The van der Waals surface area contributed by atoms with Crippen molar-refractivity contribution in [1.82, 2.24) is 10.2 Å². The maximum atomic E-state index is 12.2. The van der Waals surface area contributed by atoms with Crippen molar-refractivity contribution < 1.29 is 9.59 Å². The van der Waals surface area contributed by atoms with Gasteiger partial charge in [0.2, 0.25) is 11.8 Å².